The van der Waals surface area contributed by atoms with E-state index in [2.05, 4.69) is 54.6 Å². The summed E-state index contributed by atoms with van der Waals surface area (Å²) >= 11 is 0. The summed E-state index contributed by atoms with van der Waals surface area (Å²) in [6.45, 7) is 0. The molecule has 0 nitrogen and oxygen atoms in total. The van der Waals surface area contributed by atoms with Gasteiger partial charge in [0.05, 0.1) is 0 Å². The predicted molar refractivity (Wildman–Crippen MR) is 59.9 cm³/mol. The van der Waals surface area contributed by atoms with E-state index in [9.17, 15) is 0 Å². The highest BCUT2D eigenvalue weighted by atomic mass is 14.2. The van der Waals surface area contributed by atoms with Crippen molar-refractivity contribution in [2.75, 3.05) is 0 Å². The smallest absolute Gasteiger partial charge is 0.00619 e. The Morgan fingerprint density at radius 2 is 2.00 bits per heavy atom. The molecule has 1 aromatic carbocycles. The van der Waals surface area contributed by atoms with Gasteiger partial charge in [-0.2, -0.15) is 0 Å². The monoisotopic (exact) mass is 180 g/mol. The van der Waals surface area contributed by atoms with Crippen molar-refractivity contribution in [3.8, 4) is 0 Å². The normalized spacial score (nSPS) is 22.6. The summed E-state index contributed by atoms with van der Waals surface area (Å²) in [5.41, 5.74) is 4.31. The van der Waals surface area contributed by atoms with Crippen LogP contribution in [0.3, 0.4) is 0 Å². The zero-order valence-electron chi connectivity index (χ0n) is 7.98. The number of hydrogen-bond acceptors (Lipinski definition) is 0. The van der Waals surface area contributed by atoms with Crippen LogP contribution in [0.5, 0.6) is 0 Å². The van der Waals surface area contributed by atoms with E-state index in [1.54, 1.807) is 0 Å². The van der Waals surface area contributed by atoms with Gasteiger partial charge < -0.3 is 0 Å². The molecule has 0 heterocycles. The lowest BCUT2D eigenvalue weighted by Gasteiger charge is -2.23. The van der Waals surface area contributed by atoms with Gasteiger partial charge in [-0.3, -0.25) is 0 Å². The van der Waals surface area contributed by atoms with Crippen LogP contribution in [0.15, 0.2) is 54.1 Å². The van der Waals surface area contributed by atoms with E-state index in [0.717, 1.165) is 6.42 Å². The summed E-state index contributed by atoms with van der Waals surface area (Å²) in [6.07, 6.45) is 12.3. The van der Waals surface area contributed by atoms with Crippen molar-refractivity contribution in [3.05, 3.63) is 65.3 Å². The molecule has 3 rings (SSSR count). The fourth-order valence-corrected chi connectivity index (χ4v) is 2.22. The van der Waals surface area contributed by atoms with E-state index in [1.165, 1.54) is 16.7 Å². The van der Waals surface area contributed by atoms with E-state index in [1.807, 2.05) is 0 Å². The molecule has 1 atom stereocenters. The van der Waals surface area contributed by atoms with E-state index < -0.39 is 0 Å². The van der Waals surface area contributed by atoms with Crippen molar-refractivity contribution in [1.82, 2.24) is 0 Å². The Morgan fingerprint density at radius 3 is 3.00 bits per heavy atom. The lowest BCUT2D eigenvalue weighted by Crippen LogP contribution is -2.11. The summed E-state index contributed by atoms with van der Waals surface area (Å²) in [5, 5.41) is 0. The lowest BCUT2D eigenvalue weighted by atomic mass is 9.81. The first-order valence-corrected chi connectivity index (χ1v) is 5.08. The van der Waals surface area contributed by atoms with Gasteiger partial charge in [-0.05, 0) is 23.1 Å². The third-order valence-electron chi connectivity index (χ3n) is 2.99. The van der Waals surface area contributed by atoms with Crippen LogP contribution in [0.25, 0.3) is 6.08 Å². The van der Waals surface area contributed by atoms with Crippen LogP contribution in [0, 0.1) is 5.92 Å². The fourth-order valence-electron chi connectivity index (χ4n) is 2.22. The molecule has 2 aliphatic rings. The maximum Gasteiger partial charge on any atom is 0.00619 e. The number of benzene rings is 1. The number of allylic oxidation sites excluding steroid dienone is 5. The molecule has 0 heteroatoms. The van der Waals surface area contributed by atoms with E-state index in [0.29, 0.717) is 5.92 Å². The summed E-state index contributed by atoms with van der Waals surface area (Å²) in [6, 6.07) is 8.66. The summed E-state index contributed by atoms with van der Waals surface area (Å²) in [4.78, 5) is 0. The molecule has 68 valence electrons. The van der Waals surface area contributed by atoms with Gasteiger partial charge in [0.15, 0.2) is 0 Å². The minimum atomic E-state index is 0.606. The molecule has 0 saturated carbocycles. The Bertz CT molecular complexity index is 447. The fraction of sp³-hybridized carbons (Fsp3) is 0.143. The molecule has 0 bridgehead atoms. The van der Waals surface area contributed by atoms with E-state index >= 15 is 0 Å². The Morgan fingerprint density at radius 1 is 1.07 bits per heavy atom. The van der Waals surface area contributed by atoms with E-state index in [-0.39, 0.29) is 0 Å². The molecule has 0 N–H and O–H groups in total. The van der Waals surface area contributed by atoms with Crippen LogP contribution in [-0.4, -0.2) is 0 Å². The topological polar surface area (TPSA) is 0 Å². The Hall–Kier alpha value is -1.56. The predicted octanol–water partition coefficient (Wildman–Crippen LogP) is 3.37. The van der Waals surface area contributed by atoms with Crippen LogP contribution in [0.4, 0.5) is 0 Å². The third kappa shape index (κ3) is 1.15. The first-order valence-electron chi connectivity index (χ1n) is 5.08. The van der Waals surface area contributed by atoms with Gasteiger partial charge in [0.1, 0.15) is 0 Å². The maximum absolute atomic E-state index is 2.31. The van der Waals surface area contributed by atoms with Crippen LogP contribution in [0.1, 0.15) is 11.1 Å². The quantitative estimate of drug-likeness (QED) is 0.574. The zero-order chi connectivity index (χ0) is 9.38. The molecule has 1 unspecified atom stereocenters. The molecule has 0 fully saturated rings. The van der Waals surface area contributed by atoms with Gasteiger partial charge in [0.25, 0.3) is 0 Å². The largest absolute Gasteiger partial charge is 0.0767 e. The molecular formula is C14H12. The minimum Gasteiger partial charge on any atom is -0.0767 e. The van der Waals surface area contributed by atoms with Crippen molar-refractivity contribution in [3.63, 3.8) is 0 Å². The van der Waals surface area contributed by atoms with Gasteiger partial charge in [0, 0.05) is 5.92 Å². The first-order chi connectivity index (χ1) is 6.93. The van der Waals surface area contributed by atoms with Crippen molar-refractivity contribution in [2.24, 2.45) is 5.92 Å². The molecule has 0 amide bonds. The van der Waals surface area contributed by atoms with Gasteiger partial charge in [-0.1, -0.05) is 54.6 Å². The standard InChI is InChI=1S/C14H12/c1-2-6-12-10-14-8-4-3-7-13(14)9-11(12)5-1/h1-9,12H,10H2. The minimum absolute atomic E-state index is 0.606. The Labute approximate surface area is 84.3 Å². The molecular weight excluding hydrogens is 168 g/mol. The lowest BCUT2D eigenvalue weighted by molar-refractivity contribution is 0.759. The van der Waals surface area contributed by atoms with Gasteiger partial charge in [-0.15, -0.1) is 0 Å². The number of fused-ring (bicyclic) bond motifs is 2. The molecule has 14 heavy (non-hydrogen) atoms. The summed E-state index contributed by atoms with van der Waals surface area (Å²) in [5.74, 6) is 0.606. The first kappa shape index (κ1) is 7.81. The SMILES string of the molecule is C1=CC2=Cc3ccccc3CC2C=C1. The second-order valence-electron chi connectivity index (χ2n) is 3.90. The molecule has 1 aromatic rings. The zero-order valence-corrected chi connectivity index (χ0v) is 7.98. The average molecular weight is 180 g/mol. The number of hydrogen-bond donors (Lipinski definition) is 0. The van der Waals surface area contributed by atoms with Crippen LogP contribution in [-0.2, 0) is 6.42 Å². The van der Waals surface area contributed by atoms with Crippen LogP contribution < -0.4 is 0 Å². The van der Waals surface area contributed by atoms with E-state index in [4.69, 9.17) is 0 Å². The highest BCUT2D eigenvalue weighted by Gasteiger charge is 2.17. The Balaban J connectivity index is 2.13. The van der Waals surface area contributed by atoms with Gasteiger partial charge in [-0.25, -0.2) is 0 Å². The molecule has 0 saturated heterocycles. The second-order valence-corrected chi connectivity index (χ2v) is 3.90. The van der Waals surface area contributed by atoms with Gasteiger partial charge >= 0.3 is 0 Å². The Kier molecular flexibility index (Phi) is 1.66. The van der Waals surface area contributed by atoms with Crippen LogP contribution in [0.2, 0.25) is 0 Å². The maximum atomic E-state index is 2.31. The average Bonchev–Trinajstić information content (AvgIpc) is 2.26. The van der Waals surface area contributed by atoms with Crippen molar-refractivity contribution < 1.29 is 0 Å². The third-order valence-corrected chi connectivity index (χ3v) is 2.99. The van der Waals surface area contributed by atoms with Crippen molar-refractivity contribution in [1.29, 1.82) is 0 Å². The highest BCUT2D eigenvalue weighted by Crippen LogP contribution is 2.31. The van der Waals surface area contributed by atoms with Crippen molar-refractivity contribution >= 4 is 6.08 Å². The number of rotatable bonds is 0. The molecule has 2 aliphatic carbocycles. The molecule has 0 spiro atoms. The summed E-state index contributed by atoms with van der Waals surface area (Å²) < 4.78 is 0. The molecule has 0 radical (unpaired) electrons. The second kappa shape index (κ2) is 2.98. The van der Waals surface area contributed by atoms with Crippen molar-refractivity contribution in [2.45, 2.75) is 6.42 Å². The summed E-state index contributed by atoms with van der Waals surface area (Å²) in [7, 11) is 0. The molecule has 0 aliphatic heterocycles. The van der Waals surface area contributed by atoms with Gasteiger partial charge in [0.2, 0.25) is 0 Å². The highest BCUT2D eigenvalue weighted by molar-refractivity contribution is 5.64. The molecule has 0 aromatic heterocycles. The van der Waals surface area contributed by atoms with Crippen LogP contribution >= 0.6 is 0 Å².